The van der Waals surface area contributed by atoms with Crippen LogP contribution in [0.5, 0.6) is 0 Å². The molecule has 0 aliphatic carbocycles. The summed E-state index contributed by atoms with van der Waals surface area (Å²) in [6, 6.07) is 7.64. The Bertz CT molecular complexity index is 692. The predicted molar refractivity (Wildman–Crippen MR) is 95.7 cm³/mol. The first-order chi connectivity index (χ1) is 10.9. The number of anilines is 2. The highest BCUT2D eigenvalue weighted by molar-refractivity contribution is 6.33. The zero-order valence-electron chi connectivity index (χ0n) is 13.9. The summed E-state index contributed by atoms with van der Waals surface area (Å²) in [4.78, 5) is 16.3. The Morgan fingerprint density at radius 3 is 2.70 bits per heavy atom. The molecule has 1 aromatic carbocycles. The first-order valence-electron chi connectivity index (χ1n) is 7.71. The molecule has 1 aromatic heterocycles. The predicted octanol–water partition coefficient (Wildman–Crippen LogP) is 4.62. The molecule has 1 atom stereocenters. The number of carbonyl (C=O) groups excluding carboxylic acids is 1. The molecular formula is C18H22ClN3O. The van der Waals surface area contributed by atoms with E-state index in [1.54, 1.807) is 12.3 Å². The highest BCUT2D eigenvalue weighted by Crippen LogP contribution is 2.30. The largest absolute Gasteiger partial charge is 0.354 e. The van der Waals surface area contributed by atoms with Crippen LogP contribution in [-0.4, -0.2) is 16.9 Å². The van der Waals surface area contributed by atoms with Gasteiger partial charge in [-0.05, 0) is 56.5 Å². The van der Waals surface area contributed by atoms with Crippen LogP contribution in [0.15, 0.2) is 30.5 Å². The van der Waals surface area contributed by atoms with Crippen LogP contribution in [-0.2, 0) is 0 Å². The second-order valence-electron chi connectivity index (χ2n) is 5.78. The maximum atomic E-state index is 12.2. The lowest BCUT2D eigenvalue weighted by molar-refractivity contribution is 0.0934. The van der Waals surface area contributed by atoms with Gasteiger partial charge in [0.15, 0.2) is 0 Å². The number of benzene rings is 1. The number of halogens is 1. The SMILES string of the molecule is CCC(C)NC(=O)c1cc(Nc2c(C)cc(C)cc2Cl)ccn1. The number of hydrogen-bond donors (Lipinski definition) is 2. The van der Waals surface area contributed by atoms with Gasteiger partial charge >= 0.3 is 0 Å². The van der Waals surface area contributed by atoms with Crippen molar-refractivity contribution in [2.75, 3.05) is 5.32 Å². The standard InChI is InChI=1S/C18H22ClN3O/c1-5-13(4)21-18(23)16-10-14(6-7-20-16)22-17-12(3)8-11(2)9-15(17)19/h6-10,13H,5H2,1-4H3,(H,20,22)(H,21,23). The van der Waals surface area contributed by atoms with Crippen LogP contribution in [0.4, 0.5) is 11.4 Å². The summed E-state index contributed by atoms with van der Waals surface area (Å²) < 4.78 is 0. The van der Waals surface area contributed by atoms with Crippen molar-refractivity contribution in [2.24, 2.45) is 0 Å². The molecule has 0 bridgehead atoms. The van der Waals surface area contributed by atoms with Gasteiger partial charge in [0, 0.05) is 17.9 Å². The van der Waals surface area contributed by atoms with Gasteiger partial charge in [0.2, 0.25) is 0 Å². The Labute approximate surface area is 142 Å². The van der Waals surface area contributed by atoms with Crippen molar-refractivity contribution in [2.45, 2.75) is 40.2 Å². The molecular weight excluding hydrogens is 310 g/mol. The quantitative estimate of drug-likeness (QED) is 0.840. The molecule has 1 heterocycles. The average molecular weight is 332 g/mol. The second kappa shape index (κ2) is 7.47. The average Bonchev–Trinajstić information content (AvgIpc) is 2.51. The minimum Gasteiger partial charge on any atom is -0.354 e. The van der Waals surface area contributed by atoms with E-state index in [0.717, 1.165) is 28.9 Å². The van der Waals surface area contributed by atoms with Gasteiger partial charge in [-0.3, -0.25) is 9.78 Å². The Morgan fingerprint density at radius 1 is 1.30 bits per heavy atom. The Hall–Kier alpha value is -2.07. The fraction of sp³-hybridized carbons (Fsp3) is 0.333. The molecule has 0 spiro atoms. The van der Waals surface area contributed by atoms with E-state index in [9.17, 15) is 4.79 Å². The topological polar surface area (TPSA) is 54.0 Å². The highest BCUT2D eigenvalue weighted by Gasteiger charge is 2.11. The molecule has 4 nitrogen and oxygen atoms in total. The zero-order valence-corrected chi connectivity index (χ0v) is 14.7. The summed E-state index contributed by atoms with van der Waals surface area (Å²) >= 11 is 6.32. The third-order valence-electron chi connectivity index (χ3n) is 3.68. The van der Waals surface area contributed by atoms with Crippen LogP contribution >= 0.6 is 11.6 Å². The lowest BCUT2D eigenvalue weighted by atomic mass is 10.1. The number of hydrogen-bond acceptors (Lipinski definition) is 3. The highest BCUT2D eigenvalue weighted by atomic mass is 35.5. The third kappa shape index (κ3) is 4.45. The molecule has 0 aliphatic rings. The first-order valence-corrected chi connectivity index (χ1v) is 8.09. The first kappa shape index (κ1) is 17.3. The molecule has 0 fully saturated rings. The van der Waals surface area contributed by atoms with Crippen LogP contribution < -0.4 is 10.6 Å². The summed E-state index contributed by atoms with van der Waals surface area (Å²) in [5, 5.41) is 6.85. The van der Waals surface area contributed by atoms with E-state index in [1.807, 2.05) is 39.8 Å². The number of carbonyl (C=O) groups is 1. The molecule has 0 radical (unpaired) electrons. The minimum absolute atomic E-state index is 0.120. The van der Waals surface area contributed by atoms with Crippen molar-refractivity contribution in [1.82, 2.24) is 10.3 Å². The van der Waals surface area contributed by atoms with Crippen molar-refractivity contribution in [3.8, 4) is 0 Å². The zero-order chi connectivity index (χ0) is 17.0. The molecule has 23 heavy (non-hydrogen) atoms. The fourth-order valence-corrected chi connectivity index (χ4v) is 2.62. The molecule has 0 saturated heterocycles. The van der Waals surface area contributed by atoms with Crippen LogP contribution in [0.2, 0.25) is 5.02 Å². The molecule has 122 valence electrons. The monoisotopic (exact) mass is 331 g/mol. The molecule has 2 N–H and O–H groups in total. The fourth-order valence-electron chi connectivity index (χ4n) is 2.25. The summed E-state index contributed by atoms with van der Waals surface area (Å²) in [5.41, 5.74) is 4.18. The Morgan fingerprint density at radius 2 is 2.04 bits per heavy atom. The normalized spacial score (nSPS) is 11.9. The maximum Gasteiger partial charge on any atom is 0.270 e. The smallest absolute Gasteiger partial charge is 0.270 e. The number of aromatic nitrogens is 1. The molecule has 0 aliphatic heterocycles. The van der Waals surface area contributed by atoms with Crippen LogP contribution in [0.1, 0.15) is 41.9 Å². The van der Waals surface area contributed by atoms with E-state index in [-0.39, 0.29) is 11.9 Å². The van der Waals surface area contributed by atoms with Crippen molar-refractivity contribution in [3.05, 3.63) is 52.3 Å². The van der Waals surface area contributed by atoms with Crippen LogP contribution in [0, 0.1) is 13.8 Å². The van der Waals surface area contributed by atoms with Crippen molar-refractivity contribution in [1.29, 1.82) is 0 Å². The van der Waals surface area contributed by atoms with E-state index >= 15 is 0 Å². The van der Waals surface area contributed by atoms with Crippen molar-refractivity contribution < 1.29 is 4.79 Å². The van der Waals surface area contributed by atoms with Gasteiger partial charge in [-0.15, -0.1) is 0 Å². The van der Waals surface area contributed by atoms with E-state index in [4.69, 9.17) is 11.6 Å². The van der Waals surface area contributed by atoms with Gasteiger partial charge < -0.3 is 10.6 Å². The number of rotatable bonds is 5. The molecule has 0 saturated carbocycles. The lowest BCUT2D eigenvalue weighted by Gasteiger charge is -2.14. The Kier molecular flexibility index (Phi) is 5.61. The van der Waals surface area contributed by atoms with E-state index in [0.29, 0.717) is 10.7 Å². The number of amides is 1. The lowest BCUT2D eigenvalue weighted by Crippen LogP contribution is -2.32. The number of pyridine rings is 1. The summed E-state index contributed by atoms with van der Waals surface area (Å²) in [7, 11) is 0. The van der Waals surface area contributed by atoms with Gasteiger partial charge in [-0.25, -0.2) is 0 Å². The molecule has 1 amide bonds. The summed E-state index contributed by atoms with van der Waals surface area (Å²) in [5.74, 6) is -0.172. The van der Waals surface area contributed by atoms with Crippen molar-refractivity contribution >= 4 is 28.9 Å². The molecule has 2 rings (SSSR count). The third-order valence-corrected chi connectivity index (χ3v) is 3.98. The van der Waals surface area contributed by atoms with Gasteiger partial charge in [0.05, 0.1) is 10.7 Å². The van der Waals surface area contributed by atoms with Crippen LogP contribution in [0.3, 0.4) is 0 Å². The second-order valence-corrected chi connectivity index (χ2v) is 6.18. The molecule has 1 unspecified atom stereocenters. The number of aryl methyl sites for hydroxylation is 2. The van der Waals surface area contributed by atoms with E-state index < -0.39 is 0 Å². The maximum absolute atomic E-state index is 12.2. The van der Waals surface area contributed by atoms with Gasteiger partial charge in [0.1, 0.15) is 5.69 Å². The number of nitrogens with zero attached hydrogens (tertiary/aromatic N) is 1. The summed E-state index contributed by atoms with van der Waals surface area (Å²) in [6.07, 6.45) is 2.49. The summed E-state index contributed by atoms with van der Waals surface area (Å²) in [6.45, 7) is 8.00. The minimum atomic E-state index is -0.172. The Balaban J connectivity index is 2.22. The van der Waals surface area contributed by atoms with E-state index in [2.05, 4.69) is 21.7 Å². The number of nitrogens with one attached hydrogen (secondary N) is 2. The van der Waals surface area contributed by atoms with Gasteiger partial charge in [-0.1, -0.05) is 24.6 Å². The van der Waals surface area contributed by atoms with Gasteiger partial charge in [0.25, 0.3) is 5.91 Å². The molecule has 2 aromatic rings. The van der Waals surface area contributed by atoms with E-state index in [1.165, 1.54) is 0 Å². The van der Waals surface area contributed by atoms with Gasteiger partial charge in [-0.2, -0.15) is 0 Å². The molecule has 5 heteroatoms. The van der Waals surface area contributed by atoms with Crippen LogP contribution in [0.25, 0.3) is 0 Å². The van der Waals surface area contributed by atoms with Crippen molar-refractivity contribution in [3.63, 3.8) is 0 Å².